The Labute approximate surface area is 180 Å². The van der Waals surface area contributed by atoms with Gasteiger partial charge in [-0.3, -0.25) is 9.59 Å². The molecule has 0 atom stereocenters. The van der Waals surface area contributed by atoms with Crippen molar-refractivity contribution in [2.24, 2.45) is 0 Å². The molecule has 3 rings (SSSR count). The van der Waals surface area contributed by atoms with E-state index in [9.17, 15) is 9.59 Å². The minimum Gasteiger partial charge on any atom is -0.482 e. The third-order valence-electron chi connectivity index (χ3n) is 4.67. The molecule has 1 aliphatic rings. The summed E-state index contributed by atoms with van der Waals surface area (Å²) in [5.74, 6) is 0.195. The van der Waals surface area contributed by atoms with Gasteiger partial charge in [0.2, 0.25) is 5.91 Å². The maximum absolute atomic E-state index is 12.4. The number of benzene rings is 2. The number of nitrogens with one attached hydrogen (secondary N) is 1. The van der Waals surface area contributed by atoms with Crippen LogP contribution in [-0.4, -0.2) is 42.5 Å². The SMILES string of the molecule is O=C(/C=C/c1ccccc1)NC1CCN(C(=O)COc2ccc(Cl)cc2Cl)CC1. The van der Waals surface area contributed by atoms with E-state index in [0.29, 0.717) is 41.7 Å². The molecule has 1 saturated heterocycles. The van der Waals surface area contributed by atoms with Crippen LogP contribution in [0, 0.1) is 0 Å². The van der Waals surface area contributed by atoms with Crippen LogP contribution in [0.3, 0.4) is 0 Å². The molecule has 2 amide bonds. The molecule has 1 heterocycles. The van der Waals surface area contributed by atoms with Gasteiger partial charge in [-0.1, -0.05) is 53.5 Å². The fraction of sp³-hybridized carbons (Fsp3) is 0.273. The molecule has 0 spiro atoms. The van der Waals surface area contributed by atoms with Gasteiger partial charge in [0.05, 0.1) is 5.02 Å². The van der Waals surface area contributed by atoms with E-state index in [1.54, 1.807) is 29.2 Å². The molecule has 1 fully saturated rings. The summed E-state index contributed by atoms with van der Waals surface area (Å²) in [6, 6.07) is 14.6. The second kappa shape index (κ2) is 10.3. The van der Waals surface area contributed by atoms with Gasteiger partial charge in [0, 0.05) is 30.2 Å². The van der Waals surface area contributed by atoms with Crippen molar-refractivity contribution in [2.45, 2.75) is 18.9 Å². The van der Waals surface area contributed by atoms with Crippen molar-refractivity contribution in [3.05, 3.63) is 70.2 Å². The molecular formula is C22H22Cl2N2O3. The van der Waals surface area contributed by atoms with Crippen molar-refractivity contribution >= 4 is 41.1 Å². The lowest BCUT2D eigenvalue weighted by Crippen LogP contribution is -2.47. The number of amides is 2. The first kappa shape index (κ1) is 21.2. The number of carbonyl (C=O) groups is 2. The smallest absolute Gasteiger partial charge is 0.260 e. The lowest BCUT2D eigenvalue weighted by Gasteiger charge is -2.32. The molecule has 152 valence electrons. The minimum atomic E-state index is -0.126. The first-order chi connectivity index (χ1) is 14.0. The van der Waals surface area contributed by atoms with Crippen LogP contribution in [0.2, 0.25) is 10.0 Å². The molecule has 1 aliphatic heterocycles. The zero-order valence-electron chi connectivity index (χ0n) is 15.8. The van der Waals surface area contributed by atoms with Crippen LogP contribution >= 0.6 is 23.2 Å². The Morgan fingerprint density at radius 3 is 2.52 bits per heavy atom. The summed E-state index contributed by atoms with van der Waals surface area (Å²) in [6.07, 6.45) is 4.74. The van der Waals surface area contributed by atoms with E-state index >= 15 is 0 Å². The van der Waals surface area contributed by atoms with Crippen molar-refractivity contribution in [1.29, 1.82) is 0 Å². The summed E-state index contributed by atoms with van der Waals surface area (Å²) >= 11 is 11.9. The van der Waals surface area contributed by atoms with E-state index < -0.39 is 0 Å². The average molecular weight is 433 g/mol. The van der Waals surface area contributed by atoms with Gasteiger partial charge in [-0.05, 0) is 42.7 Å². The number of piperidine rings is 1. The fourth-order valence-corrected chi connectivity index (χ4v) is 3.54. The Morgan fingerprint density at radius 1 is 1.10 bits per heavy atom. The molecule has 0 aromatic heterocycles. The van der Waals surface area contributed by atoms with Crippen LogP contribution in [0.25, 0.3) is 6.08 Å². The average Bonchev–Trinajstić information content (AvgIpc) is 2.73. The lowest BCUT2D eigenvalue weighted by atomic mass is 10.0. The topological polar surface area (TPSA) is 58.6 Å². The highest BCUT2D eigenvalue weighted by Crippen LogP contribution is 2.27. The molecule has 1 N–H and O–H groups in total. The lowest BCUT2D eigenvalue weighted by molar-refractivity contribution is -0.134. The summed E-state index contributed by atoms with van der Waals surface area (Å²) < 4.78 is 5.51. The highest BCUT2D eigenvalue weighted by atomic mass is 35.5. The maximum Gasteiger partial charge on any atom is 0.260 e. The monoisotopic (exact) mass is 432 g/mol. The van der Waals surface area contributed by atoms with Gasteiger partial charge in [-0.25, -0.2) is 0 Å². The van der Waals surface area contributed by atoms with E-state index in [1.807, 2.05) is 30.3 Å². The molecule has 5 nitrogen and oxygen atoms in total. The first-order valence-corrected chi connectivity index (χ1v) is 10.2. The molecule has 0 unspecified atom stereocenters. The van der Waals surface area contributed by atoms with Crippen molar-refractivity contribution in [3.63, 3.8) is 0 Å². The molecule has 0 aliphatic carbocycles. The van der Waals surface area contributed by atoms with Crippen LogP contribution in [0.4, 0.5) is 0 Å². The van der Waals surface area contributed by atoms with E-state index in [4.69, 9.17) is 27.9 Å². The fourth-order valence-electron chi connectivity index (χ4n) is 3.08. The van der Waals surface area contributed by atoms with E-state index in [1.165, 1.54) is 6.08 Å². The minimum absolute atomic E-state index is 0.0543. The summed E-state index contributed by atoms with van der Waals surface area (Å²) in [7, 11) is 0. The Kier molecular flexibility index (Phi) is 7.55. The molecule has 2 aromatic rings. The predicted molar refractivity (Wildman–Crippen MR) is 115 cm³/mol. The van der Waals surface area contributed by atoms with Crippen molar-refractivity contribution in [1.82, 2.24) is 10.2 Å². The van der Waals surface area contributed by atoms with Gasteiger partial charge >= 0.3 is 0 Å². The highest BCUT2D eigenvalue weighted by molar-refractivity contribution is 6.35. The summed E-state index contributed by atoms with van der Waals surface area (Å²) in [5.41, 5.74) is 0.976. The van der Waals surface area contributed by atoms with E-state index in [2.05, 4.69) is 5.32 Å². The second-order valence-corrected chi connectivity index (χ2v) is 7.61. The second-order valence-electron chi connectivity index (χ2n) is 6.77. The Hall–Kier alpha value is -2.50. The van der Waals surface area contributed by atoms with Gasteiger partial charge in [-0.2, -0.15) is 0 Å². The third kappa shape index (κ3) is 6.51. The molecule has 0 radical (unpaired) electrons. The van der Waals surface area contributed by atoms with Gasteiger partial charge < -0.3 is 15.0 Å². The van der Waals surface area contributed by atoms with Crippen LogP contribution in [0.15, 0.2) is 54.6 Å². The van der Waals surface area contributed by atoms with Crippen LogP contribution in [-0.2, 0) is 9.59 Å². The van der Waals surface area contributed by atoms with Gasteiger partial charge in [0.15, 0.2) is 6.61 Å². The number of rotatable bonds is 6. The van der Waals surface area contributed by atoms with E-state index in [-0.39, 0.29) is 24.5 Å². The predicted octanol–water partition coefficient (Wildman–Crippen LogP) is 4.19. The quantitative estimate of drug-likeness (QED) is 0.695. The standard InChI is InChI=1S/C22H22Cl2N2O3/c23-17-7-8-20(19(24)14-17)29-15-22(28)26-12-10-18(11-13-26)25-21(27)9-6-16-4-2-1-3-5-16/h1-9,14,18H,10-13,15H2,(H,25,27)/b9-6+. The Bertz CT molecular complexity index is 879. The van der Waals surface area contributed by atoms with Gasteiger partial charge in [-0.15, -0.1) is 0 Å². The number of hydrogen-bond acceptors (Lipinski definition) is 3. The molecule has 7 heteroatoms. The van der Waals surface area contributed by atoms with Crippen LogP contribution in [0.1, 0.15) is 18.4 Å². The number of ether oxygens (including phenoxy) is 1. The zero-order valence-corrected chi connectivity index (χ0v) is 17.3. The molecule has 29 heavy (non-hydrogen) atoms. The van der Waals surface area contributed by atoms with Gasteiger partial charge in [0.1, 0.15) is 5.75 Å². The first-order valence-electron chi connectivity index (χ1n) is 9.40. The summed E-state index contributed by atoms with van der Waals surface area (Å²) in [5, 5.41) is 3.88. The number of nitrogens with zero attached hydrogens (tertiary/aromatic N) is 1. The Balaban J connectivity index is 1.41. The molecular weight excluding hydrogens is 411 g/mol. The van der Waals surface area contributed by atoms with Crippen LogP contribution < -0.4 is 10.1 Å². The number of halogens is 2. The third-order valence-corrected chi connectivity index (χ3v) is 5.20. The van der Waals surface area contributed by atoms with Crippen molar-refractivity contribution in [2.75, 3.05) is 19.7 Å². The number of hydrogen-bond donors (Lipinski definition) is 1. The molecule has 2 aromatic carbocycles. The van der Waals surface area contributed by atoms with Crippen LogP contribution in [0.5, 0.6) is 5.75 Å². The van der Waals surface area contributed by atoms with E-state index in [0.717, 1.165) is 5.56 Å². The van der Waals surface area contributed by atoms with Crippen molar-refractivity contribution in [3.8, 4) is 5.75 Å². The number of likely N-dealkylation sites (tertiary alicyclic amines) is 1. The summed E-state index contributed by atoms with van der Waals surface area (Å²) in [6.45, 7) is 1.06. The largest absolute Gasteiger partial charge is 0.482 e. The normalized spacial score (nSPS) is 14.8. The maximum atomic E-state index is 12.4. The zero-order chi connectivity index (χ0) is 20.6. The molecule has 0 saturated carbocycles. The molecule has 0 bridgehead atoms. The van der Waals surface area contributed by atoms with Gasteiger partial charge in [0.25, 0.3) is 5.91 Å². The number of carbonyl (C=O) groups excluding carboxylic acids is 2. The van der Waals surface area contributed by atoms with Crippen molar-refractivity contribution < 1.29 is 14.3 Å². The summed E-state index contributed by atoms with van der Waals surface area (Å²) in [4.78, 5) is 26.2. The Morgan fingerprint density at radius 2 is 1.83 bits per heavy atom. The highest BCUT2D eigenvalue weighted by Gasteiger charge is 2.23.